The van der Waals surface area contributed by atoms with Gasteiger partial charge in [-0.2, -0.15) is 0 Å². The summed E-state index contributed by atoms with van der Waals surface area (Å²) in [5.41, 5.74) is 14.0. The molecule has 0 bridgehead atoms. The number of aromatic amines is 1. The van der Waals surface area contributed by atoms with E-state index in [9.17, 15) is 0 Å². The summed E-state index contributed by atoms with van der Waals surface area (Å²) in [5.74, 6) is 0. The van der Waals surface area contributed by atoms with Crippen molar-refractivity contribution in [1.29, 1.82) is 0 Å². The number of benzene rings is 5. The summed E-state index contributed by atoms with van der Waals surface area (Å²) in [7, 11) is 0. The molecule has 0 unspecified atom stereocenters. The fourth-order valence-electron chi connectivity index (χ4n) is 8.03. The smallest absolute Gasteiger partial charge is 0.0804 e. The van der Waals surface area contributed by atoms with E-state index in [0.717, 1.165) is 0 Å². The third-order valence-electron chi connectivity index (χ3n) is 9.54. The van der Waals surface area contributed by atoms with Crippen molar-refractivity contribution in [1.82, 2.24) is 14.0 Å². The van der Waals surface area contributed by atoms with Crippen molar-refractivity contribution in [2.45, 2.75) is 19.3 Å². The Bertz CT molecular complexity index is 2500. The standard InChI is InChI=1S/C37H25N3/c1-37(2)26-16-8-6-13-22(26)34-32(37)24-15-10-17-27-30(24)31-28(38-27)20-19-25-33(31)40(34)35-23-14-7-9-18-29(23)39(36(25)35)21-11-4-3-5-12-21/h3-20,38H,1-2H3. The van der Waals surface area contributed by atoms with E-state index in [0.29, 0.717) is 0 Å². The van der Waals surface area contributed by atoms with Crippen molar-refractivity contribution in [3.05, 3.63) is 120 Å². The van der Waals surface area contributed by atoms with Crippen LogP contribution < -0.4 is 0 Å². The van der Waals surface area contributed by atoms with Crippen LogP contribution >= 0.6 is 0 Å². The Labute approximate surface area is 230 Å². The van der Waals surface area contributed by atoms with E-state index < -0.39 is 0 Å². The molecule has 0 radical (unpaired) electrons. The average Bonchev–Trinajstić information content (AvgIpc) is 3.66. The molecule has 0 atom stereocenters. The molecule has 188 valence electrons. The van der Waals surface area contributed by atoms with Gasteiger partial charge in [-0.15, -0.1) is 0 Å². The molecule has 3 nitrogen and oxygen atoms in total. The summed E-state index contributed by atoms with van der Waals surface area (Å²) in [6, 6.07) is 40.2. The first-order chi connectivity index (χ1) is 19.6. The van der Waals surface area contributed by atoms with Gasteiger partial charge in [0.1, 0.15) is 0 Å². The van der Waals surface area contributed by atoms with Crippen LogP contribution in [0.4, 0.5) is 0 Å². The highest BCUT2D eigenvalue weighted by Gasteiger charge is 2.40. The topological polar surface area (TPSA) is 25.1 Å². The van der Waals surface area contributed by atoms with E-state index in [-0.39, 0.29) is 5.41 Å². The van der Waals surface area contributed by atoms with Crippen molar-refractivity contribution in [2.24, 2.45) is 0 Å². The minimum absolute atomic E-state index is 0.146. The Morgan fingerprint density at radius 1 is 0.575 bits per heavy atom. The maximum Gasteiger partial charge on any atom is 0.0804 e. The van der Waals surface area contributed by atoms with E-state index in [1.807, 2.05) is 0 Å². The van der Waals surface area contributed by atoms with Gasteiger partial charge >= 0.3 is 0 Å². The van der Waals surface area contributed by atoms with Crippen molar-refractivity contribution in [2.75, 3.05) is 0 Å². The van der Waals surface area contributed by atoms with Gasteiger partial charge in [0.05, 0.1) is 27.8 Å². The molecule has 4 heterocycles. The molecular formula is C37H25N3. The largest absolute Gasteiger partial charge is 0.354 e. The zero-order chi connectivity index (χ0) is 26.3. The second-order valence-electron chi connectivity index (χ2n) is 11.9. The highest BCUT2D eigenvalue weighted by atomic mass is 15.0. The summed E-state index contributed by atoms with van der Waals surface area (Å²) in [6.07, 6.45) is 0. The second-order valence-corrected chi connectivity index (χ2v) is 11.9. The maximum absolute atomic E-state index is 3.78. The normalized spacial score (nSPS) is 14.4. The average molecular weight is 512 g/mol. The maximum atomic E-state index is 3.78. The first-order valence-electron chi connectivity index (χ1n) is 14.1. The second kappa shape index (κ2) is 6.75. The van der Waals surface area contributed by atoms with Crippen molar-refractivity contribution >= 4 is 60.0 Å². The van der Waals surface area contributed by atoms with Crippen molar-refractivity contribution in [3.8, 4) is 16.9 Å². The molecule has 40 heavy (non-hydrogen) atoms. The molecule has 10 rings (SSSR count). The van der Waals surface area contributed by atoms with Gasteiger partial charge in [-0.25, -0.2) is 0 Å². The Hall–Kier alpha value is -5.02. The number of rotatable bonds is 1. The molecule has 0 spiro atoms. The third kappa shape index (κ3) is 2.19. The number of hydrogen-bond donors (Lipinski definition) is 1. The lowest BCUT2D eigenvalue weighted by molar-refractivity contribution is 0.665. The number of H-pyrrole nitrogens is 1. The Kier molecular flexibility index (Phi) is 3.53. The molecular weight excluding hydrogens is 486 g/mol. The monoisotopic (exact) mass is 511 g/mol. The van der Waals surface area contributed by atoms with Gasteiger partial charge in [-0.3, -0.25) is 0 Å². The molecule has 1 N–H and O–H groups in total. The fraction of sp³-hybridized carbons (Fsp3) is 0.0811. The van der Waals surface area contributed by atoms with Crippen molar-refractivity contribution in [3.63, 3.8) is 0 Å². The van der Waals surface area contributed by atoms with Gasteiger partial charge in [0.25, 0.3) is 0 Å². The Balaban J connectivity index is 1.63. The molecule has 1 aliphatic carbocycles. The van der Waals surface area contributed by atoms with Crippen LogP contribution in [0.1, 0.15) is 25.0 Å². The summed E-state index contributed by atoms with van der Waals surface area (Å²) in [5, 5.41) is 6.57. The lowest BCUT2D eigenvalue weighted by atomic mass is 9.81. The summed E-state index contributed by atoms with van der Waals surface area (Å²) >= 11 is 0. The quantitative estimate of drug-likeness (QED) is 0.227. The molecule has 0 fully saturated rings. The van der Waals surface area contributed by atoms with E-state index >= 15 is 0 Å². The molecule has 4 aromatic heterocycles. The summed E-state index contributed by atoms with van der Waals surface area (Å²) in [4.78, 5) is 3.78. The highest BCUT2D eigenvalue weighted by molar-refractivity contribution is 6.32. The predicted molar refractivity (Wildman–Crippen MR) is 167 cm³/mol. The van der Waals surface area contributed by atoms with Gasteiger partial charge in [0.15, 0.2) is 0 Å². The predicted octanol–water partition coefficient (Wildman–Crippen LogP) is 9.57. The first-order valence-corrected chi connectivity index (χ1v) is 14.1. The van der Waals surface area contributed by atoms with E-state index in [2.05, 4.69) is 137 Å². The molecule has 5 aromatic carbocycles. The molecule has 0 aliphatic heterocycles. The van der Waals surface area contributed by atoms with E-state index in [1.165, 1.54) is 88.1 Å². The lowest BCUT2D eigenvalue weighted by Crippen LogP contribution is -2.15. The number of nitrogens with one attached hydrogen (secondary N) is 1. The van der Waals surface area contributed by atoms with E-state index in [1.54, 1.807) is 0 Å². The third-order valence-corrected chi connectivity index (χ3v) is 9.54. The minimum Gasteiger partial charge on any atom is -0.354 e. The molecule has 0 saturated carbocycles. The molecule has 3 heteroatoms. The first kappa shape index (κ1) is 20.9. The minimum atomic E-state index is -0.146. The van der Waals surface area contributed by atoms with E-state index in [4.69, 9.17) is 0 Å². The lowest BCUT2D eigenvalue weighted by Gasteiger charge is -2.22. The summed E-state index contributed by atoms with van der Waals surface area (Å²) in [6.45, 7) is 4.80. The number of para-hydroxylation sites is 2. The van der Waals surface area contributed by atoms with Crippen LogP contribution in [0.3, 0.4) is 0 Å². The van der Waals surface area contributed by atoms with Gasteiger partial charge in [-0.05, 0) is 52.9 Å². The van der Waals surface area contributed by atoms with Crippen molar-refractivity contribution < 1.29 is 0 Å². The van der Waals surface area contributed by atoms with Gasteiger partial charge in [0, 0.05) is 49.2 Å². The Morgan fingerprint density at radius 3 is 2.23 bits per heavy atom. The zero-order valence-corrected chi connectivity index (χ0v) is 22.3. The number of fused-ring (bicyclic) bond motifs is 10. The Morgan fingerprint density at radius 2 is 1.32 bits per heavy atom. The van der Waals surface area contributed by atoms with Gasteiger partial charge in [-0.1, -0.05) is 86.6 Å². The van der Waals surface area contributed by atoms with Crippen LogP contribution in [0, 0.1) is 0 Å². The highest BCUT2D eigenvalue weighted by Crippen LogP contribution is 2.55. The van der Waals surface area contributed by atoms with Crippen LogP contribution in [-0.4, -0.2) is 14.0 Å². The number of aromatic nitrogens is 3. The van der Waals surface area contributed by atoms with Crippen LogP contribution in [-0.2, 0) is 5.41 Å². The van der Waals surface area contributed by atoms with Gasteiger partial charge < -0.3 is 14.0 Å². The number of nitrogens with zero attached hydrogens (tertiary/aromatic N) is 2. The fourth-order valence-corrected chi connectivity index (χ4v) is 8.03. The van der Waals surface area contributed by atoms with Crippen LogP contribution in [0.2, 0.25) is 0 Å². The molecule has 0 saturated heterocycles. The van der Waals surface area contributed by atoms with Gasteiger partial charge in [0.2, 0.25) is 0 Å². The zero-order valence-electron chi connectivity index (χ0n) is 22.3. The molecule has 9 aromatic rings. The molecule has 1 aliphatic rings. The SMILES string of the molecule is CC1(C)c2ccccc2-c2c1c1cccc3[nH]c4ccc5c6c(c7ccccc7n6-c6ccccc6)n2c5c4c31. The van der Waals surface area contributed by atoms with Crippen LogP contribution in [0.5, 0.6) is 0 Å². The molecule has 0 amide bonds. The summed E-state index contributed by atoms with van der Waals surface area (Å²) < 4.78 is 5.10. The van der Waals surface area contributed by atoms with Crippen LogP contribution in [0.25, 0.3) is 77.0 Å². The number of hydrogen-bond acceptors (Lipinski definition) is 0. The van der Waals surface area contributed by atoms with Crippen LogP contribution in [0.15, 0.2) is 109 Å².